The van der Waals surface area contributed by atoms with Crippen molar-refractivity contribution >= 4 is 52.2 Å². The molecule has 2 aromatic carbocycles. The number of carbonyl (C=O) groups is 6. The number of imide groups is 1. The SMILES string of the molecule is CCCCCc1nn(C(=O)C(=O)OCC)c2ccc(Oc3c(C)cc(N(C(=O)C(=O)OCC)C(=O)C(=O)OCC)cc3C)cc12. The van der Waals surface area contributed by atoms with Crippen molar-refractivity contribution in [3.05, 3.63) is 47.2 Å². The maximum Gasteiger partial charge on any atom is 0.399 e. The molecule has 0 atom stereocenters. The van der Waals surface area contributed by atoms with Crippen molar-refractivity contribution < 1.29 is 47.7 Å². The van der Waals surface area contributed by atoms with E-state index in [1.165, 1.54) is 26.0 Å². The van der Waals surface area contributed by atoms with Gasteiger partial charge in [0.25, 0.3) is 0 Å². The van der Waals surface area contributed by atoms with E-state index in [1.54, 1.807) is 39.0 Å². The summed E-state index contributed by atoms with van der Waals surface area (Å²) in [5.41, 5.74) is 1.93. The lowest BCUT2D eigenvalue weighted by Crippen LogP contribution is -2.46. The van der Waals surface area contributed by atoms with Crippen LogP contribution >= 0.6 is 0 Å². The second kappa shape index (κ2) is 15.6. The van der Waals surface area contributed by atoms with Crippen molar-refractivity contribution in [1.29, 1.82) is 0 Å². The van der Waals surface area contributed by atoms with Crippen LogP contribution in [-0.2, 0) is 44.6 Å². The molecule has 0 saturated heterocycles. The van der Waals surface area contributed by atoms with E-state index in [0.717, 1.165) is 23.9 Å². The van der Waals surface area contributed by atoms with Gasteiger partial charge in [0, 0.05) is 5.39 Å². The molecule has 0 fully saturated rings. The molecule has 0 aliphatic rings. The molecule has 0 unspecified atom stereocenters. The summed E-state index contributed by atoms with van der Waals surface area (Å²) in [4.78, 5) is 75.7. The number of nitrogens with zero attached hydrogens (tertiary/aromatic N) is 3. The first-order valence-corrected chi connectivity index (χ1v) is 14.7. The minimum absolute atomic E-state index is 0.0499. The summed E-state index contributed by atoms with van der Waals surface area (Å²) < 4.78 is 21.7. The highest BCUT2D eigenvalue weighted by Crippen LogP contribution is 2.35. The van der Waals surface area contributed by atoms with Gasteiger partial charge in [0.15, 0.2) is 0 Å². The van der Waals surface area contributed by atoms with Crippen LogP contribution in [-0.4, -0.2) is 65.2 Å². The number of hydrogen-bond acceptors (Lipinski definition) is 11. The Labute approximate surface area is 260 Å². The average Bonchev–Trinajstić information content (AvgIpc) is 3.36. The van der Waals surface area contributed by atoms with E-state index in [2.05, 4.69) is 12.0 Å². The Balaban J connectivity index is 2.03. The summed E-state index contributed by atoms with van der Waals surface area (Å²) in [6, 6.07) is 7.78. The highest BCUT2D eigenvalue weighted by atomic mass is 16.5. The molecule has 0 radical (unpaired) electrons. The van der Waals surface area contributed by atoms with Crippen molar-refractivity contribution in [1.82, 2.24) is 9.78 Å². The van der Waals surface area contributed by atoms with Crippen LogP contribution in [0.1, 0.15) is 68.6 Å². The number of esters is 3. The molecular weight excluding hydrogens is 586 g/mol. The lowest BCUT2D eigenvalue weighted by atomic mass is 10.1. The zero-order valence-electron chi connectivity index (χ0n) is 26.3. The third kappa shape index (κ3) is 7.91. The number of hydrogen-bond donors (Lipinski definition) is 0. The standard InChI is InChI=1S/C32H37N3O10/c1-7-11-12-13-24-23-18-22(14-15-25(23)35(33-24)29(38)32(41)44-10-4)45-26-19(5)16-21(17-20(26)6)34(27(36)30(39)42-8-2)28(37)31(40)43-9-3/h14-18H,7-13H2,1-6H3. The quantitative estimate of drug-likeness (QED) is 0.137. The Morgan fingerprint density at radius 2 is 1.31 bits per heavy atom. The van der Waals surface area contributed by atoms with Crippen LogP contribution in [0.3, 0.4) is 0 Å². The zero-order valence-corrected chi connectivity index (χ0v) is 26.3. The van der Waals surface area contributed by atoms with E-state index in [1.807, 2.05) is 0 Å². The van der Waals surface area contributed by atoms with Crippen LogP contribution < -0.4 is 9.64 Å². The number of benzene rings is 2. The molecule has 0 aliphatic heterocycles. The van der Waals surface area contributed by atoms with Gasteiger partial charge in [-0.25, -0.2) is 19.3 Å². The molecular formula is C32H37N3O10. The third-order valence-corrected chi connectivity index (χ3v) is 6.62. The third-order valence-electron chi connectivity index (χ3n) is 6.62. The van der Waals surface area contributed by atoms with Crippen LogP contribution in [0, 0.1) is 13.8 Å². The van der Waals surface area contributed by atoms with Gasteiger partial charge < -0.3 is 18.9 Å². The molecule has 0 N–H and O–H groups in total. The van der Waals surface area contributed by atoms with Crippen molar-refractivity contribution in [2.24, 2.45) is 0 Å². The predicted octanol–water partition coefficient (Wildman–Crippen LogP) is 4.37. The van der Waals surface area contributed by atoms with Crippen molar-refractivity contribution in [2.45, 2.75) is 67.2 Å². The first kappa shape index (κ1) is 34.4. The Hall–Kier alpha value is -5.07. The molecule has 1 heterocycles. The van der Waals surface area contributed by atoms with Gasteiger partial charge in [0.2, 0.25) is 0 Å². The largest absolute Gasteiger partial charge is 0.459 e. The monoisotopic (exact) mass is 623 g/mol. The average molecular weight is 624 g/mol. The normalized spacial score (nSPS) is 10.7. The van der Waals surface area contributed by atoms with Crippen LogP contribution in [0.25, 0.3) is 10.9 Å². The fourth-order valence-corrected chi connectivity index (χ4v) is 4.61. The number of rotatable bonds is 10. The Morgan fingerprint density at radius 3 is 1.84 bits per heavy atom. The summed E-state index contributed by atoms with van der Waals surface area (Å²) >= 11 is 0. The maximum atomic E-state index is 12.9. The zero-order chi connectivity index (χ0) is 33.3. The highest BCUT2D eigenvalue weighted by molar-refractivity contribution is 6.52. The first-order valence-electron chi connectivity index (χ1n) is 14.7. The maximum absolute atomic E-state index is 12.9. The number of amides is 2. The minimum atomic E-state index is -1.35. The predicted molar refractivity (Wildman–Crippen MR) is 162 cm³/mol. The van der Waals surface area contributed by atoms with E-state index in [0.29, 0.717) is 50.5 Å². The minimum Gasteiger partial charge on any atom is -0.459 e. The molecule has 3 aromatic rings. The fraction of sp³-hybridized carbons (Fsp3) is 0.406. The number of anilines is 1. The topological polar surface area (TPSA) is 160 Å². The number of unbranched alkanes of at least 4 members (excludes halogenated alkanes) is 2. The summed E-state index contributed by atoms with van der Waals surface area (Å²) in [6.07, 6.45) is 3.34. The molecule has 0 aliphatic carbocycles. The Morgan fingerprint density at radius 1 is 0.756 bits per heavy atom. The molecule has 1 aromatic heterocycles. The molecule has 0 bridgehead atoms. The van der Waals surface area contributed by atoms with Crippen LogP contribution in [0.2, 0.25) is 0 Å². The molecule has 13 nitrogen and oxygen atoms in total. The fourth-order valence-electron chi connectivity index (χ4n) is 4.61. The second-order valence-electron chi connectivity index (χ2n) is 9.92. The van der Waals surface area contributed by atoms with Gasteiger partial charge in [0.1, 0.15) is 11.5 Å². The van der Waals surface area contributed by atoms with E-state index in [9.17, 15) is 28.8 Å². The smallest absolute Gasteiger partial charge is 0.399 e. The van der Waals surface area contributed by atoms with E-state index < -0.39 is 35.6 Å². The molecule has 45 heavy (non-hydrogen) atoms. The number of aromatic nitrogens is 2. The van der Waals surface area contributed by atoms with Crippen molar-refractivity contribution in [3.8, 4) is 11.5 Å². The van der Waals surface area contributed by atoms with Gasteiger partial charge in [-0.1, -0.05) is 19.8 Å². The number of ether oxygens (including phenoxy) is 4. The van der Waals surface area contributed by atoms with Gasteiger partial charge in [-0.15, -0.1) is 0 Å². The second-order valence-corrected chi connectivity index (χ2v) is 9.92. The molecule has 240 valence electrons. The van der Waals surface area contributed by atoms with E-state index >= 15 is 0 Å². The van der Waals surface area contributed by atoms with Gasteiger partial charge in [-0.2, -0.15) is 9.78 Å². The number of carbonyl (C=O) groups excluding carboxylic acids is 6. The highest BCUT2D eigenvalue weighted by Gasteiger charge is 2.35. The summed E-state index contributed by atoms with van der Waals surface area (Å²) in [6.45, 7) is 9.83. The molecule has 0 saturated carbocycles. The first-order chi connectivity index (χ1) is 21.5. The molecule has 0 spiro atoms. The number of aryl methyl sites for hydroxylation is 3. The van der Waals surface area contributed by atoms with Crippen LogP contribution in [0.5, 0.6) is 11.5 Å². The van der Waals surface area contributed by atoms with Gasteiger partial charge in [0.05, 0.1) is 36.7 Å². The van der Waals surface area contributed by atoms with Crippen LogP contribution in [0.4, 0.5) is 5.69 Å². The van der Waals surface area contributed by atoms with Crippen LogP contribution in [0.15, 0.2) is 30.3 Å². The van der Waals surface area contributed by atoms with Gasteiger partial charge >= 0.3 is 35.6 Å². The molecule has 13 heteroatoms. The number of fused-ring (bicyclic) bond motifs is 1. The van der Waals surface area contributed by atoms with Crippen molar-refractivity contribution in [3.63, 3.8) is 0 Å². The molecule has 3 rings (SSSR count). The Bertz CT molecular complexity index is 1570. The van der Waals surface area contributed by atoms with Crippen molar-refractivity contribution in [2.75, 3.05) is 24.7 Å². The Kier molecular flexibility index (Phi) is 11.9. The summed E-state index contributed by atoms with van der Waals surface area (Å²) in [5.74, 6) is -6.46. The molecule has 2 amide bonds. The lowest BCUT2D eigenvalue weighted by Gasteiger charge is -2.21. The lowest BCUT2D eigenvalue weighted by molar-refractivity contribution is -0.157. The summed E-state index contributed by atoms with van der Waals surface area (Å²) in [7, 11) is 0. The van der Waals surface area contributed by atoms with Gasteiger partial charge in [-0.05, 0) is 88.9 Å². The summed E-state index contributed by atoms with van der Waals surface area (Å²) in [5, 5.41) is 5.06. The van der Waals surface area contributed by atoms with Gasteiger partial charge in [-0.3, -0.25) is 14.4 Å². The van der Waals surface area contributed by atoms with E-state index in [4.69, 9.17) is 18.9 Å². The van der Waals surface area contributed by atoms with E-state index in [-0.39, 0.29) is 25.5 Å².